The highest BCUT2D eigenvalue weighted by Crippen LogP contribution is 2.22. The summed E-state index contributed by atoms with van der Waals surface area (Å²) >= 11 is 3.64. The van der Waals surface area contributed by atoms with Crippen LogP contribution in [0.3, 0.4) is 0 Å². The molecule has 1 aromatic rings. The second kappa shape index (κ2) is 7.92. The van der Waals surface area contributed by atoms with Gasteiger partial charge in [0.05, 0.1) is 15.9 Å². The fraction of sp³-hybridized carbons (Fsp3) is 0.769. The van der Waals surface area contributed by atoms with Gasteiger partial charge in [0.2, 0.25) is 0 Å². The molecule has 0 aliphatic carbocycles. The molecular formula is C13H24BrN3O. The molecule has 0 spiro atoms. The van der Waals surface area contributed by atoms with Gasteiger partial charge in [0.25, 0.3) is 0 Å². The number of aliphatic hydroxyl groups excluding tert-OH is 1. The van der Waals surface area contributed by atoms with E-state index in [2.05, 4.69) is 47.1 Å². The lowest BCUT2D eigenvalue weighted by Crippen LogP contribution is -2.30. The predicted octanol–water partition coefficient (Wildman–Crippen LogP) is 2.48. The molecule has 0 aromatic carbocycles. The number of hydrogen-bond donors (Lipinski definition) is 2. The monoisotopic (exact) mass is 317 g/mol. The van der Waals surface area contributed by atoms with Crippen LogP contribution in [0, 0.1) is 0 Å². The molecule has 1 rings (SSSR count). The van der Waals surface area contributed by atoms with Crippen molar-refractivity contribution >= 4 is 15.9 Å². The zero-order valence-corrected chi connectivity index (χ0v) is 13.1. The Balaban J connectivity index is 2.73. The first-order valence-electron chi connectivity index (χ1n) is 6.76. The second-order valence-corrected chi connectivity index (χ2v) is 5.17. The molecular weight excluding hydrogens is 294 g/mol. The van der Waals surface area contributed by atoms with Crippen LogP contribution in [0.25, 0.3) is 0 Å². The Morgan fingerprint density at radius 3 is 2.61 bits per heavy atom. The maximum atomic E-state index is 9.00. The van der Waals surface area contributed by atoms with Gasteiger partial charge in [-0.2, -0.15) is 5.10 Å². The fourth-order valence-corrected chi connectivity index (χ4v) is 2.74. The Morgan fingerprint density at radius 1 is 1.39 bits per heavy atom. The van der Waals surface area contributed by atoms with Crippen LogP contribution in [-0.2, 0) is 19.5 Å². The molecule has 104 valence electrons. The van der Waals surface area contributed by atoms with Gasteiger partial charge >= 0.3 is 0 Å². The molecule has 2 N–H and O–H groups in total. The number of nitrogens with one attached hydrogen (secondary N) is 1. The molecule has 0 radical (unpaired) electrons. The lowest BCUT2D eigenvalue weighted by atomic mass is 10.1. The number of aryl methyl sites for hydroxylation is 2. The lowest BCUT2D eigenvalue weighted by molar-refractivity contribution is 0.261. The Labute approximate surface area is 118 Å². The Kier molecular flexibility index (Phi) is 6.89. The van der Waals surface area contributed by atoms with Crippen molar-refractivity contribution in [3.63, 3.8) is 0 Å². The summed E-state index contributed by atoms with van der Waals surface area (Å²) in [5.41, 5.74) is 2.31. The smallest absolute Gasteiger partial charge is 0.0767 e. The zero-order valence-electron chi connectivity index (χ0n) is 11.5. The molecule has 0 aliphatic rings. The number of rotatable bonds is 8. The molecule has 1 unspecified atom stereocenters. The topological polar surface area (TPSA) is 50.1 Å². The SMILES string of the molecule is CCc1nn(CC)c(CNC(CC)CCO)c1Br. The van der Waals surface area contributed by atoms with Gasteiger partial charge in [-0.25, -0.2) is 0 Å². The van der Waals surface area contributed by atoms with Gasteiger partial charge in [0.1, 0.15) is 0 Å². The van der Waals surface area contributed by atoms with E-state index in [1.54, 1.807) is 0 Å². The standard InChI is InChI=1S/C13H24BrN3O/c1-4-10(7-8-18)15-9-12-13(14)11(5-2)16-17(12)6-3/h10,15,18H,4-9H2,1-3H3. The first kappa shape index (κ1) is 15.7. The molecule has 0 saturated carbocycles. The van der Waals surface area contributed by atoms with E-state index in [1.807, 2.05) is 4.68 Å². The van der Waals surface area contributed by atoms with Crippen LogP contribution >= 0.6 is 15.9 Å². The summed E-state index contributed by atoms with van der Waals surface area (Å²) in [6.07, 6.45) is 2.77. The van der Waals surface area contributed by atoms with Crippen molar-refractivity contribution < 1.29 is 5.11 Å². The van der Waals surface area contributed by atoms with Crippen LogP contribution in [0.4, 0.5) is 0 Å². The summed E-state index contributed by atoms with van der Waals surface area (Å²) in [4.78, 5) is 0. The summed E-state index contributed by atoms with van der Waals surface area (Å²) in [7, 11) is 0. The molecule has 1 atom stereocenters. The Morgan fingerprint density at radius 2 is 2.11 bits per heavy atom. The molecule has 1 heterocycles. The minimum absolute atomic E-state index is 0.236. The van der Waals surface area contributed by atoms with Crippen molar-refractivity contribution in [2.75, 3.05) is 6.61 Å². The molecule has 0 aliphatic heterocycles. The highest BCUT2D eigenvalue weighted by molar-refractivity contribution is 9.10. The number of halogens is 1. The number of nitrogens with zero attached hydrogens (tertiary/aromatic N) is 2. The van der Waals surface area contributed by atoms with Gasteiger partial charge in [0, 0.05) is 25.7 Å². The average Bonchev–Trinajstić information content (AvgIpc) is 2.70. The molecule has 1 aromatic heterocycles. The summed E-state index contributed by atoms with van der Waals surface area (Å²) in [5, 5.41) is 17.1. The Bertz CT molecular complexity index is 365. The van der Waals surface area contributed by atoms with Crippen LogP contribution < -0.4 is 5.32 Å². The van der Waals surface area contributed by atoms with E-state index in [0.717, 1.165) is 42.5 Å². The van der Waals surface area contributed by atoms with Crippen molar-refractivity contribution in [3.8, 4) is 0 Å². The average molecular weight is 318 g/mol. The summed E-state index contributed by atoms with van der Waals surface area (Å²) in [6.45, 7) is 8.27. The molecule has 0 amide bonds. The third kappa shape index (κ3) is 3.80. The third-order valence-electron chi connectivity index (χ3n) is 3.22. The summed E-state index contributed by atoms with van der Waals surface area (Å²) in [5.74, 6) is 0. The van der Waals surface area contributed by atoms with Crippen LogP contribution in [0.2, 0.25) is 0 Å². The van der Waals surface area contributed by atoms with Crippen molar-refractivity contribution in [2.45, 2.75) is 59.2 Å². The number of hydrogen-bond acceptors (Lipinski definition) is 3. The predicted molar refractivity (Wildman–Crippen MR) is 77.6 cm³/mol. The van der Waals surface area contributed by atoms with Gasteiger partial charge in [-0.3, -0.25) is 4.68 Å². The van der Waals surface area contributed by atoms with E-state index in [-0.39, 0.29) is 6.61 Å². The minimum atomic E-state index is 0.236. The van der Waals surface area contributed by atoms with E-state index in [9.17, 15) is 0 Å². The Hall–Kier alpha value is -0.390. The van der Waals surface area contributed by atoms with E-state index in [1.165, 1.54) is 5.69 Å². The minimum Gasteiger partial charge on any atom is -0.396 e. The molecule has 0 bridgehead atoms. The van der Waals surface area contributed by atoms with Gasteiger partial charge in [-0.15, -0.1) is 0 Å². The first-order valence-corrected chi connectivity index (χ1v) is 7.55. The van der Waals surface area contributed by atoms with Crippen molar-refractivity contribution in [1.82, 2.24) is 15.1 Å². The maximum Gasteiger partial charge on any atom is 0.0767 e. The summed E-state index contributed by atoms with van der Waals surface area (Å²) in [6, 6.07) is 0.368. The van der Waals surface area contributed by atoms with E-state index >= 15 is 0 Å². The molecule has 5 heteroatoms. The van der Waals surface area contributed by atoms with Crippen LogP contribution in [0.15, 0.2) is 4.47 Å². The zero-order chi connectivity index (χ0) is 13.5. The third-order valence-corrected chi connectivity index (χ3v) is 4.14. The van der Waals surface area contributed by atoms with Gasteiger partial charge in [-0.1, -0.05) is 13.8 Å². The van der Waals surface area contributed by atoms with Gasteiger partial charge in [-0.05, 0) is 42.1 Å². The van der Waals surface area contributed by atoms with Gasteiger partial charge < -0.3 is 10.4 Å². The van der Waals surface area contributed by atoms with Crippen molar-refractivity contribution in [1.29, 1.82) is 0 Å². The van der Waals surface area contributed by atoms with Crippen LogP contribution in [0.1, 0.15) is 45.0 Å². The summed E-state index contributed by atoms with van der Waals surface area (Å²) < 4.78 is 3.17. The highest BCUT2D eigenvalue weighted by Gasteiger charge is 2.14. The van der Waals surface area contributed by atoms with E-state index < -0.39 is 0 Å². The normalized spacial score (nSPS) is 12.9. The second-order valence-electron chi connectivity index (χ2n) is 4.38. The highest BCUT2D eigenvalue weighted by atomic mass is 79.9. The first-order chi connectivity index (χ1) is 8.67. The number of aromatic nitrogens is 2. The largest absolute Gasteiger partial charge is 0.396 e. The van der Waals surface area contributed by atoms with Crippen molar-refractivity contribution in [3.05, 3.63) is 15.9 Å². The quantitative estimate of drug-likeness (QED) is 0.774. The molecule has 0 saturated heterocycles. The van der Waals surface area contributed by atoms with E-state index in [4.69, 9.17) is 5.11 Å². The maximum absolute atomic E-state index is 9.00. The molecule has 4 nitrogen and oxygen atoms in total. The van der Waals surface area contributed by atoms with Gasteiger partial charge in [0.15, 0.2) is 0 Å². The molecule has 18 heavy (non-hydrogen) atoms. The fourth-order valence-electron chi connectivity index (χ4n) is 2.03. The van der Waals surface area contributed by atoms with E-state index in [0.29, 0.717) is 6.04 Å². The number of aliphatic hydroxyl groups is 1. The lowest BCUT2D eigenvalue weighted by Gasteiger charge is -2.16. The van der Waals surface area contributed by atoms with Crippen LogP contribution in [0.5, 0.6) is 0 Å². The van der Waals surface area contributed by atoms with Crippen LogP contribution in [-0.4, -0.2) is 27.5 Å². The molecule has 0 fully saturated rings. The van der Waals surface area contributed by atoms with Crippen molar-refractivity contribution in [2.24, 2.45) is 0 Å².